The van der Waals surface area contributed by atoms with Gasteiger partial charge >= 0.3 is 0 Å². The normalized spacial score (nSPS) is 18.5. The minimum atomic E-state index is -0.534. The zero-order chi connectivity index (χ0) is 32.4. The van der Waals surface area contributed by atoms with Crippen LogP contribution in [0, 0.1) is 0 Å². The van der Waals surface area contributed by atoms with Gasteiger partial charge in [0.25, 0.3) is 0 Å². The first kappa shape index (κ1) is 32.0. The van der Waals surface area contributed by atoms with Gasteiger partial charge in [0.2, 0.25) is 5.95 Å². The van der Waals surface area contributed by atoms with E-state index in [1.165, 1.54) is 22.0 Å². The standard InChI is InChI=1S/C39H50N6O/c1-39(2,3)28-17-15-26(16-18-28)36(46)23-27(33-25-45(6)35-14-10-8-11-31(33)35)24-40-29-19-21-30(22-20-29)41-38-42-34-13-9-7-12-32(34)37(43-38)44(4)5/h7-18,25,27,29-30,36,40,46H,19-24H2,1-6H3,(H,41,42,43). The largest absolute Gasteiger partial charge is 0.388 e. The summed E-state index contributed by atoms with van der Waals surface area (Å²) in [6.07, 6.45) is 6.70. The lowest BCUT2D eigenvalue weighted by molar-refractivity contribution is 0.155. The molecule has 1 saturated carbocycles. The Kier molecular flexibility index (Phi) is 9.34. The van der Waals surface area contributed by atoms with Crippen LogP contribution in [0.2, 0.25) is 0 Å². The Balaban J connectivity index is 1.13. The number of benzene rings is 3. The average molecular weight is 619 g/mol. The summed E-state index contributed by atoms with van der Waals surface area (Å²) in [4.78, 5) is 11.8. The van der Waals surface area contributed by atoms with Crippen molar-refractivity contribution in [3.63, 3.8) is 0 Å². The van der Waals surface area contributed by atoms with E-state index in [1.54, 1.807) is 0 Å². The van der Waals surface area contributed by atoms with Gasteiger partial charge < -0.3 is 25.2 Å². The van der Waals surface area contributed by atoms with E-state index in [1.807, 2.05) is 26.2 Å². The highest BCUT2D eigenvalue weighted by Crippen LogP contribution is 2.35. The maximum absolute atomic E-state index is 11.5. The Bertz CT molecular complexity index is 1760. The second-order valence-corrected chi connectivity index (χ2v) is 14.4. The molecule has 0 saturated heterocycles. The van der Waals surface area contributed by atoms with Crippen molar-refractivity contribution in [3.8, 4) is 0 Å². The Hall–Kier alpha value is -3.94. The number of aliphatic hydroxyl groups is 1. The highest BCUT2D eigenvalue weighted by atomic mass is 16.3. The summed E-state index contributed by atoms with van der Waals surface area (Å²) in [7, 11) is 6.18. The van der Waals surface area contributed by atoms with E-state index in [4.69, 9.17) is 9.97 Å². The number of aryl methyl sites for hydroxylation is 1. The second-order valence-electron chi connectivity index (χ2n) is 14.4. The molecule has 1 fully saturated rings. The summed E-state index contributed by atoms with van der Waals surface area (Å²) in [5.41, 5.74) is 5.85. The lowest BCUT2D eigenvalue weighted by Gasteiger charge is -2.31. The molecule has 3 N–H and O–H groups in total. The van der Waals surface area contributed by atoms with E-state index in [2.05, 4.69) is 115 Å². The molecule has 5 aromatic rings. The van der Waals surface area contributed by atoms with Crippen molar-refractivity contribution in [2.75, 3.05) is 30.9 Å². The van der Waals surface area contributed by atoms with Gasteiger partial charge in [0.1, 0.15) is 5.82 Å². The van der Waals surface area contributed by atoms with Gasteiger partial charge in [0.05, 0.1) is 11.6 Å². The molecule has 2 atom stereocenters. The van der Waals surface area contributed by atoms with Crippen LogP contribution in [0.3, 0.4) is 0 Å². The highest BCUT2D eigenvalue weighted by molar-refractivity contribution is 5.90. The third-order valence-electron chi connectivity index (χ3n) is 9.76. The molecular formula is C39H50N6O. The third-order valence-corrected chi connectivity index (χ3v) is 9.76. The number of rotatable bonds is 10. The highest BCUT2D eigenvalue weighted by Gasteiger charge is 2.26. The van der Waals surface area contributed by atoms with E-state index >= 15 is 0 Å². The number of hydrogen-bond donors (Lipinski definition) is 3. The number of para-hydroxylation sites is 2. The summed E-state index contributed by atoms with van der Waals surface area (Å²) in [5.74, 6) is 1.82. The maximum atomic E-state index is 11.5. The average Bonchev–Trinajstić information content (AvgIpc) is 3.39. The SMILES string of the molecule is CN(C)c1nc(NC2CCC(NCC(CC(O)c3ccc(C(C)(C)C)cc3)c3cn(C)c4ccccc34)CC2)nc2ccccc12. The minimum Gasteiger partial charge on any atom is -0.388 e. The van der Waals surface area contributed by atoms with Crippen LogP contribution in [-0.2, 0) is 12.5 Å². The van der Waals surface area contributed by atoms with E-state index in [-0.39, 0.29) is 11.3 Å². The molecule has 1 aliphatic rings. The van der Waals surface area contributed by atoms with Crippen molar-refractivity contribution in [2.24, 2.45) is 7.05 Å². The minimum absolute atomic E-state index is 0.0884. The van der Waals surface area contributed by atoms with Crippen LogP contribution < -0.4 is 15.5 Å². The topological polar surface area (TPSA) is 78.2 Å². The van der Waals surface area contributed by atoms with Crippen LogP contribution >= 0.6 is 0 Å². The van der Waals surface area contributed by atoms with Crippen LogP contribution in [0.25, 0.3) is 21.8 Å². The molecule has 6 rings (SSSR count). The number of aromatic nitrogens is 3. The summed E-state index contributed by atoms with van der Waals surface area (Å²) >= 11 is 0. The fraction of sp³-hybridized carbons (Fsp3) is 0.436. The van der Waals surface area contributed by atoms with Crippen LogP contribution in [0.5, 0.6) is 0 Å². The Morgan fingerprint density at radius 2 is 1.52 bits per heavy atom. The van der Waals surface area contributed by atoms with Gasteiger partial charge in [-0.15, -0.1) is 0 Å². The summed E-state index contributed by atoms with van der Waals surface area (Å²) in [6.45, 7) is 7.50. The fourth-order valence-corrected chi connectivity index (χ4v) is 7.03. The number of anilines is 2. The Morgan fingerprint density at radius 3 is 2.22 bits per heavy atom. The van der Waals surface area contributed by atoms with Crippen LogP contribution in [0.15, 0.2) is 79.0 Å². The smallest absolute Gasteiger partial charge is 0.225 e. The first-order valence-electron chi connectivity index (χ1n) is 16.8. The Labute approximate surface area is 274 Å². The molecule has 242 valence electrons. The Morgan fingerprint density at radius 1 is 0.870 bits per heavy atom. The molecule has 7 heteroatoms. The molecule has 2 heterocycles. The van der Waals surface area contributed by atoms with Gasteiger partial charge in [-0.3, -0.25) is 0 Å². The number of aliphatic hydroxyl groups excluding tert-OH is 1. The van der Waals surface area contributed by atoms with Gasteiger partial charge in [-0.05, 0) is 72.4 Å². The maximum Gasteiger partial charge on any atom is 0.225 e. The first-order valence-corrected chi connectivity index (χ1v) is 16.8. The van der Waals surface area contributed by atoms with Crippen LogP contribution in [-0.4, -0.2) is 52.4 Å². The molecule has 0 radical (unpaired) electrons. The number of hydrogen-bond acceptors (Lipinski definition) is 6. The third kappa shape index (κ3) is 7.06. The van der Waals surface area contributed by atoms with E-state index < -0.39 is 6.10 Å². The zero-order valence-electron chi connectivity index (χ0n) is 28.3. The van der Waals surface area contributed by atoms with Crippen LogP contribution in [0.1, 0.15) is 81.6 Å². The van der Waals surface area contributed by atoms with Crippen molar-refractivity contribution >= 4 is 33.6 Å². The van der Waals surface area contributed by atoms with E-state index in [9.17, 15) is 5.11 Å². The first-order chi connectivity index (χ1) is 22.1. The predicted molar refractivity (Wildman–Crippen MR) is 192 cm³/mol. The van der Waals surface area contributed by atoms with Crippen molar-refractivity contribution in [1.29, 1.82) is 0 Å². The monoisotopic (exact) mass is 618 g/mol. The number of nitrogens with one attached hydrogen (secondary N) is 2. The zero-order valence-corrected chi connectivity index (χ0v) is 28.3. The molecule has 2 aromatic heterocycles. The van der Waals surface area contributed by atoms with Gasteiger partial charge in [-0.1, -0.05) is 75.4 Å². The summed E-state index contributed by atoms with van der Waals surface area (Å²) in [5, 5.41) is 21.4. The van der Waals surface area contributed by atoms with Crippen LogP contribution in [0.4, 0.5) is 11.8 Å². The number of nitrogens with zero attached hydrogens (tertiary/aromatic N) is 4. The van der Waals surface area contributed by atoms with Crippen molar-refractivity contribution in [2.45, 2.75) is 82.4 Å². The van der Waals surface area contributed by atoms with Gasteiger partial charge in [0.15, 0.2) is 0 Å². The molecule has 46 heavy (non-hydrogen) atoms. The molecule has 0 bridgehead atoms. The quantitative estimate of drug-likeness (QED) is 0.149. The van der Waals surface area contributed by atoms with E-state index in [0.717, 1.165) is 54.5 Å². The molecule has 0 spiro atoms. The summed E-state index contributed by atoms with van der Waals surface area (Å²) in [6, 6.07) is 26.2. The molecule has 7 nitrogen and oxygen atoms in total. The number of fused-ring (bicyclic) bond motifs is 2. The van der Waals surface area contributed by atoms with Gasteiger partial charge in [-0.2, -0.15) is 4.98 Å². The van der Waals surface area contributed by atoms with Crippen molar-refractivity contribution < 1.29 is 5.11 Å². The second kappa shape index (κ2) is 13.4. The van der Waals surface area contributed by atoms with Crippen molar-refractivity contribution in [1.82, 2.24) is 19.9 Å². The molecule has 3 aromatic carbocycles. The van der Waals surface area contributed by atoms with Gasteiger partial charge in [0, 0.05) is 68.2 Å². The lowest BCUT2D eigenvalue weighted by Crippen LogP contribution is -2.39. The fourth-order valence-electron chi connectivity index (χ4n) is 7.03. The molecule has 0 aliphatic heterocycles. The molecule has 2 unspecified atom stereocenters. The summed E-state index contributed by atoms with van der Waals surface area (Å²) < 4.78 is 2.22. The molecular weight excluding hydrogens is 568 g/mol. The molecule has 1 aliphatic carbocycles. The van der Waals surface area contributed by atoms with E-state index in [0.29, 0.717) is 24.5 Å². The molecule has 0 amide bonds. The lowest BCUT2D eigenvalue weighted by atomic mass is 9.85. The van der Waals surface area contributed by atoms with Gasteiger partial charge in [-0.25, -0.2) is 4.98 Å². The predicted octanol–water partition coefficient (Wildman–Crippen LogP) is 7.71. The van der Waals surface area contributed by atoms with Crippen molar-refractivity contribution in [3.05, 3.63) is 95.7 Å².